The average molecular weight is 369 g/mol. The van der Waals surface area contributed by atoms with Crippen LogP contribution in [-0.2, 0) is 4.79 Å². The highest BCUT2D eigenvalue weighted by atomic mass is 16.6. The van der Waals surface area contributed by atoms with Gasteiger partial charge in [-0.25, -0.2) is 0 Å². The van der Waals surface area contributed by atoms with Gasteiger partial charge in [0.15, 0.2) is 6.61 Å². The molecule has 0 N–H and O–H groups in total. The molecule has 0 atom stereocenters. The lowest BCUT2D eigenvalue weighted by Gasteiger charge is -2.36. The van der Waals surface area contributed by atoms with Crippen LogP contribution in [0.1, 0.15) is 11.1 Å². The number of carbonyl (C=O) groups excluding carboxylic acids is 1. The van der Waals surface area contributed by atoms with Crippen molar-refractivity contribution in [2.24, 2.45) is 0 Å². The van der Waals surface area contributed by atoms with Gasteiger partial charge in [0, 0.05) is 44.0 Å². The SMILES string of the molecule is Cc1cccc(C)c1OCC(=O)N1CCN(c2cccc([N+](=O)[O-])c2)CC1. The molecule has 3 rings (SSSR count). The minimum Gasteiger partial charge on any atom is -0.483 e. The first kappa shape index (κ1) is 18.7. The number of hydrogen-bond acceptors (Lipinski definition) is 5. The molecular weight excluding hydrogens is 346 g/mol. The smallest absolute Gasteiger partial charge is 0.271 e. The van der Waals surface area contributed by atoms with Crippen molar-refractivity contribution in [2.45, 2.75) is 13.8 Å². The zero-order chi connectivity index (χ0) is 19.4. The van der Waals surface area contributed by atoms with E-state index in [-0.39, 0.29) is 18.2 Å². The first-order valence-corrected chi connectivity index (χ1v) is 8.92. The summed E-state index contributed by atoms with van der Waals surface area (Å²) in [5.41, 5.74) is 2.91. The van der Waals surface area contributed by atoms with Gasteiger partial charge in [-0.3, -0.25) is 14.9 Å². The van der Waals surface area contributed by atoms with E-state index in [1.165, 1.54) is 6.07 Å². The van der Waals surface area contributed by atoms with Crippen molar-refractivity contribution in [3.8, 4) is 5.75 Å². The molecule has 0 unspecified atom stereocenters. The van der Waals surface area contributed by atoms with Gasteiger partial charge in [0.2, 0.25) is 0 Å². The first-order valence-electron chi connectivity index (χ1n) is 8.92. The van der Waals surface area contributed by atoms with Crippen LogP contribution in [0.15, 0.2) is 42.5 Å². The molecule has 142 valence electrons. The van der Waals surface area contributed by atoms with Crippen molar-refractivity contribution in [2.75, 3.05) is 37.7 Å². The lowest BCUT2D eigenvalue weighted by atomic mass is 10.1. The van der Waals surface area contributed by atoms with Crippen LogP contribution in [0.4, 0.5) is 11.4 Å². The number of anilines is 1. The fraction of sp³-hybridized carbons (Fsp3) is 0.350. The molecule has 0 radical (unpaired) electrons. The number of rotatable bonds is 5. The van der Waals surface area contributed by atoms with E-state index in [0.29, 0.717) is 26.2 Å². The van der Waals surface area contributed by atoms with Gasteiger partial charge in [-0.1, -0.05) is 24.3 Å². The van der Waals surface area contributed by atoms with Crippen molar-refractivity contribution in [1.82, 2.24) is 4.90 Å². The molecule has 0 aliphatic carbocycles. The Bertz CT molecular complexity index is 825. The van der Waals surface area contributed by atoms with Crippen molar-refractivity contribution in [3.63, 3.8) is 0 Å². The predicted molar refractivity (Wildman–Crippen MR) is 103 cm³/mol. The molecule has 1 aliphatic rings. The summed E-state index contributed by atoms with van der Waals surface area (Å²) in [5.74, 6) is 0.720. The summed E-state index contributed by atoms with van der Waals surface area (Å²) in [4.78, 5) is 26.9. The van der Waals surface area contributed by atoms with E-state index in [4.69, 9.17) is 4.74 Å². The molecule has 1 heterocycles. The predicted octanol–water partition coefficient (Wildman–Crippen LogP) is 2.94. The Morgan fingerprint density at radius 2 is 1.70 bits per heavy atom. The zero-order valence-corrected chi connectivity index (χ0v) is 15.6. The van der Waals surface area contributed by atoms with E-state index in [1.54, 1.807) is 17.0 Å². The third-order valence-corrected chi connectivity index (χ3v) is 4.79. The number of aryl methyl sites for hydroxylation is 2. The van der Waals surface area contributed by atoms with E-state index in [2.05, 4.69) is 4.90 Å². The molecule has 7 heteroatoms. The number of hydrogen-bond donors (Lipinski definition) is 0. The van der Waals surface area contributed by atoms with Gasteiger partial charge in [0.1, 0.15) is 5.75 Å². The van der Waals surface area contributed by atoms with Crippen LogP contribution < -0.4 is 9.64 Å². The second-order valence-corrected chi connectivity index (χ2v) is 6.65. The Morgan fingerprint density at radius 1 is 1.07 bits per heavy atom. The largest absolute Gasteiger partial charge is 0.483 e. The van der Waals surface area contributed by atoms with Crippen LogP contribution in [0.25, 0.3) is 0 Å². The Hall–Kier alpha value is -3.09. The molecule has 1 aliphatic heterocycles. The summed E-state index contributed by atoms with van der Waals surface area (Å²) in [6.45, 7) is 6.35. The molecule has 0 bridgehead atoms. The number of nitro benzene ring substituents is 1. The molecule has 0 aromatic heterocycles. The number of ether oxygens (including phenoxy) is 1. The van der Waals surface area contributed by atoms with Gasteiger partial charge in [0.05, 0.1) is 4.92 Å². The van der Waals surface area contributed by atoms with Gasteiger partial charge in [-0.15, -0.1) is 0 Å². The van der Waals surface area contributed by atoms with Gasteiger partial charge in [-0.2, -0.15) is 0 Å². The Kier molecular flexibility index (Phi) is 5.59. The second-order valence-electron chi connectivity index (χ2n) is 6.65. The maximum absolute atomic E-state index is 12.5. The minimum absolute atomic E-state index is 0.0164. The highest BCUT2D eigenvalue weighted by Crippen LogP contribution is 2.23. The van der Waals surface area contributed by atoms with Gasteiger partial charge in [0.25, 0.3) is 11.6 Å². The topological polar surface area (TPSA) is 75.9 Å². The molecule has 1 amide bonds. The van der Waals surface area contributed by atoms with Crippen molar-refractivity contribution in [3.05, 3.63) is 63.7 Å². The van der Waals surface area contributed by atoms with Crippen LogP contribution >= 0.6 is 0 Å². The van der Waals surface area contributed by atoms with Crippen LogP contribution in [0.5, 0.6) is 5.75 Å². The summed E-state index contributed by atoms with van der Waals surface area (Å²) in [5, 5.41) is 10.9. The maximum atomic E-state index is 12.5. The monoisotopic (exact) mass is 369 g/mol. The minimum atomic E-state index is -0.395. The van der Waals surface area contributed by atoms with E-state index in [1.807, 2.05) is 38.1 Å². The maximum Gasteiger partial charge on any atom is 0.271 e. The number of benzene rings is 2. The molecular formula is C20H23N3O4. The molecule has 1 saturated heterocycles. The van der Waals surface area contributed by atoms with Crippen LogP contribution in [0, 0.1) is 24.0 Å². The van der Waals surface area contributed by atoms with E-state index >= 15 is 0 Å². The van der Waals surface area contributed by atoms with Crippen molar-refractivity contribution >= 4 is 17.3 Å². The first-order chi connectivity index (χ1) is 13.0. The fourth-order valence-corrected chi connectivity index (χ4v) is 3.27. The normalized spacial score (nSPS) is 14.1. The Morgan fingerprint density at radius 3 is 2.33 bits per heavy atom. The standard InChI is InChI=1S/C20H23N3O4/c1-15-5-3-6-16(2)20(15)27-14-19(24)22-11-9-21(10-12-22)17-7-4-8-18(13-17)23(25)26/h3-8,13H,9-12,14H2,1-2H3. The summed E-state index contributed by atoms with van der Waals surface area (Å²) in [6, 6.07) is 12.5. The third kappa shape index (κ3) is 4.36. The Labute approximate surface area is 158 Å². The van der Waals surface area contributed by atoms with Gasteiger partial charge < -0.3 is 14.5 Å². The van der Waals surface area contributed by atoms with Gasteiger partial charge >= 0.3 is 0 Å². The van der Waals surface area contributed by atoms with Crippen LogP contribution in [0.2, 0.25) is 0 Å². The van der Waals surface area contributed by atoms with E-state index < -0.39 is 4.92 Å². The van der Waals surface area contributed by atoms with Crippen molar-refractivity contribution < 1.29 is 14.5 Å². The molecule has 27 heavy (non-hydrogen) atoms. The average Bonchev–Trinajstić information content (AvgIpc) is 2.67. The lowest BCUT2D eigenvalue weighted by Crippen LogP contribution is -2.50. The Balaban J connectivity index is 1.55. The highest BCUT2D eigenvalue weighted by Gasteiger charge is 2.22. The number of non-ortho nitro benzene ring substituents is 1. The van der Waals surface area contributed by atoms with E-state index in [9.17, 15) is 14.9 Å². The summed E-state index contributed by atoms with van der Waals surface area (Å²) in [6.07, 6.45) is 0. The quantitative estimate of drug-likeness (QED) is 0.598. The second kappa shape index (κ2) is 8.07. The number of carbonyl (C=O) groups is 1. The number of para-hydroxylation sites is 1. The molecule has 0 saturated carbocycles. The molecule has 1 fully saturated rings. The summed E-state index contributed by atoms with van der Waals surface area (Å²) < 4.78 is 5.76. The van der Waals surface area contributed by atoms with Crippen LogP contribution in [-0.4, -0.2) is 48.5 Å². The van der Waals surface area contributed by atoms with E-state index in [0.717, 1.165) is 22.6 Å². The highest BCUT2D eigenvalue weighted by molar-refractivity contribution is 5.78. The van der Waals surface area contributed by atoms with Gasteiger partial charge in [-0.05, 0) is 31.0 Å². The zero-order valence-electron chi connectivity index (χ0n) is 15.6. The summed E-state index contributed by atoms with van der Waals surface area (Å²) in [7, 11) is 0. The number of nitrogens with zero attached hydrogens (tertiary/aromatic N) is 3. The van der Waals surface area contributed by atoms with Crippen LogP contribution in [0.3, 0.4) is 0 Å². The molecule has 0 spiro atoms. The number of nitro groups is 1. The molecule has 2 aromatic rings. The van der Waals surface area contributed by atoms with Crippen molar-refractivity contribution in [1.29, 1.82) is 0 Å². The third-order valence-electron chi connectivity index (χ3n) is 4.79. The fourth-order valence-electron chi connectivity index (χ4n) is 3.27. The summed E-state index contributed by atoms with van der Waals surface area (Å²) >= 11 is 0. The number of piperazine rings is 1. The molecule has 2 aromatic carbocycles. The molecule has 7 nitrogen and oxygen atoms in total. The lowest BCUT2D eigenvalue weighted by molar-refractivity contribution is -0.384. The number of amides is 1.